The van der Waals surface area contributed by atoms with E-state index in [1.807, 2.05) is 6.92 Å². The lowest BCUT2D eigenvalue weighted by Crippen LogP contribution is -2.33. The van der Waals surface area contributed by atoms with Crippen molar-refractivity contribution in [1.82, 2.24) is 0 Å². The highest BCUT2D eigenvalue weighted by Crippen LogP contribution is 2.46. The molecule has 7 unspecified atom stereocenters. The summed E-state index contributed by atoms with van der Waals surface area (Å²) in [5.74, 6) is 0.973. The summed E-state index contributed by atoms with van der Waals surface area (Å²) in [6, 6.07) is 0.0325. The van der Waals surface area contributed by atoms with Gasteiger partial charge < -0.3 is 20.7 Å². The van der Waals surface area contributed by atoms with E-state index in [2.05, 4.69) is 6.92 Å². The van der Waals surface area contributed by atoms with Gasteiger partial charge in [0.05, 0.1) is 24.4 Å². The van der Waals surface area contributed by atoms with Crippen molar-refractivity contribution < 1.29 is 14.9 Å². The van der Waals surface area contributed by atoms with Crippen molar-refractivity contribution >= 4 is 0 Å². The Balaban J connectivity index is 1.77. The van der Waals surface area contributed by atoms with E-state index in [1.54, 1.807) is 0 Å². The Bertz CT molecular complexity index is 283. The average molecular weight is 271 g/mol. The van der Waals surface area contributed by atoms with Gasteiger partial charge in [0.25, 0.3) is 0 Å². The third-order valence-electron chi connectivity index (χ3n) is 4.76. The summed E-state index contributed by atoms with van der Waals surface area (Å²) in [6.07, 6.45) is 5.18. The van der Waals surface area contributed by atoms with Gasteiger partial charge in [0.15, 0.2) is 0 Å². The van der Waals surface area contributed by atoms with Crippen LogP contribution in [0, 0.1) is 11.8 Å². The molecule has 0 spiro atoms. The highest BCUT2D eigenvalue weighted by Gasteiger charge is 2.46. The third kappa shape index (κ3) is 3.91. The molecule has 0 aromatic rings. The second-order valence-corrected chi connectivity index (χ2v) is 6.60. The van der Waals surface area contributed by atoms with Crippen molar-refractivity contribution in [3.8, 4) is 0 Å². The molecule has 2 fully saturated rings. The molecular weight excluding hydrogens is 242 g/mol. The minimum absolute atomic E-state index is 0.0325. The third-order valence-corrected chi connectivity index (χ3v) is 4.76. The van der Waals surface area contributed by atoms with Gasteiger partial charge in [-0.05, 0) is 57.3 Å². The standard InChI is InChI=1S/C15H29NO3/c1-3-13(8-12(17)4-9(2)16)19-15-7-10-5-11(15)6-14(10)18/h9-15,17-18H,3-8,16H2,1-2H3. The first kappa shape index (κ1) is 15.2. The van der Waals surface area contributed by atoms with Crippen LogP contribution in [0.4, 0.5) is 0 Å². The van der Waals surface area contributed by atoms with E-state index in [4.69, 9.17) is 10.5 Å². The molecule has 2 aliphatic carbocycles. The van der Waals surface area contributed by atoms with Crippen LogP contribution in [-0.4, -0.2) is 40.7 Å². The van der Waals surface area contributed by atoms with Gasteiger partial charge in [0.2, 0.25) is 0 Å². The van der Waals surface area contributed by atoms with Crippen LogP contribution in [0.5, 0.6) is 0 Å². The molecule has 7 atom stereocenters. The average Bonchev–Trinajstić information content (AvgIpc) is 2.85. The zero-order chi connectivity index (χ0) is 14.0. The molecule has 0 amide bonds. The summed E-state index contributed by atoms with van der Waals surface area (Å²) in [7, 11) is 0. The Morgan fingerprint density at radius 1 is 1.21 bits per heavy atom. The Kier molecular flexibility index (Phi) is 5.23. The monoisotopic (exact) mass is 271 g/mol. The van der Waals surface area contributed by atoms with Gasteiger partial charge in [-0.25, -0.2) is 0 Å². The van der Waals surface area contributed by atoms with Crippen LogP contribution in [0.2, 0.25) is 0 Å². The fourth-order valence-corrected chi connectivity index (χ4v) is 3.75. The second kappa shape index (κ2) is 6.53. The molecule has 2 aliphatic rings. The number of rotatable bonds is 7. The van der Waals surface area contributed by atoms with Crippen LogP contribution < -0.4 is 5.73 Å². The predicted molar refractivity (Wildman–Crippen MR) is 74.7 cm³/mol. The Morgan fingerprint density at radius 2 is 1.95 bits per heavy atom. The lowest BCUT2D eigenvalue weighted by atomic mass is 9.94. The van der Waals surface area contributed by atoms with Crippen molar-refractivity contribution in [1.29, 1.82) is 0 Å². The van der Waals surface area contributed by atoms with Crippen molar-refractivity contribution in [2.45, 2.75) is 82.8 Å². The molecule has 2 rings (SSSR count). The van der Waals surface area contributed by atoms with Crippen LogP contribution in [0.25, 0.3) is 0 Å². The fourth-order valence-electron chi connectivity index (χ4n) is 3.75. The smallest absolute Gasteiger partial charge is 0.0611 e. The first-order chi connectivity index (χ1) is 8.99. The molecule has 2 bridgehead atoms. The van der Waals surface area contributed by atoms with Crippen molar-refractivity contribution in [2.75, 3.05) is 0 Å². The normalized spacial score (nSPS) is 38.4. The van der Waals surface area contributed by atoms with Gasteiger partial charge in [-0.15, -0.1) is 0 Å². The topological polar surface area (TPSA) is 75.7 Å². The number of ether oxygens (including phenoxy) is 1. The molecule has 0 heterocycles. The second-order valence-electron chi connectivity index (χ2n) is 6.60. The number of hydrogen-bond donors (Lipinski definition) is 3. The first-order valence-electron chi connectivity index (χ1n) is 7.76. The molecule has 0 saturated heterocycles. The van der Waals surface area contributed by atoms with Crippen LogP contribution in [0.15, 0.2) is 0 Å². The minimum atomic E-state index is -0.367. The molecule has 4 N–H and O–H groups in total. The largest absolute Gasteiger partial charge is 0.393 e. The number of fused-ring (bicyclic) bond motifs is 2. The maximum Gasteiger partial charge on any atom is 0.0611 e. The Morgan fingerprint density at radius 3 is 2.42 bits per heavy atom. The Labute approximate surface area is 116 Å². The molecule has 19 heavy (non-hydrogen) atoms. The molecule has 4 nitrogen and oxygen atoms in total. The maximum atomic E-state index is 9.97. The first-order valence-corrected chi connectivity index (χ1v) is 7.76. The van der Waals surface area contributed by atoms with E-state index in [0.717, 1.165) is 25.7 Å². The van der Waals surface area contributed by atoms with Gasteiger partial charge in [0, 0.05) is 6.04 Å². The number of hydrogen-bond acceptors (Lipinski definition) is 4. The van der Waals surface area contributed by atoms with E-state index < -0.39 is 0 Å². The molecular formula is C15H29NO3. The Hall–Kier alpha value is -0.160. The highest BCUT2D eigenvalue weighted by molar-refractivity contribution is 4.96. The predicted octanol–water partition coefficient (Wildman–Crippen LogP) is 1.43. The summed E-state index contributed by atoms with van der Waals surface area (Å²) in [4.78, 5) is 0. The van der Waals surface area contributed by atoms with Crippen LogP contribution >= 0.6 is 0 Å². The van der Waals surface area contributed by atoms with Gasteiger partial charge in [-0.3, -0.25) is 0 Å². The molecule has 0 aromatic heterocycles. The van der Waals surface area contributed by atoms with Crippen LogP contribution in [0.3, 0.4) is 0 Å². The van der Waals surface area contributed by atoms with E-state index in [9.17, 15) is 10.2 Å². The summed E-state index contributed by atoms with van der Waals surface area (Å²) in [5, 5.41) is 19.7. The number of aliphatic hydroxyl groups is 2. The SMILES string of the molecule is CCC(CC(O)CC(C)N)OC1CC2CC1CC2O. The number of aliphatic hydroxyl groups excluding tert-OH is 2. The van der Waals surface area contributed by atoms with Crippen molar-refractivity contribution in [2.24, 2.45) is 17.6 Å². The van der Waals surface area contributed by atoms with Crippen molar-refractivity contribution in [3.05, 3.63) is 0 Å². The van der Waals surface area contributed by atoms with E-state index in [-0.39, 0.29) is 24.4 Å². The molecule has 4 heteroatoms. The minimum Gasteiger partial charge on any atom is -0.393 e. The maximum absolute atomic E-state index is 9.97. The van der Waals surface area contributed by atoms with Gasteiger partial charge >= 0.3 is 0 Å². The fraction of sp³-hybridized carbons (Fsp3) is 1.00. The summed E-state index contributed by atoms with van der Waals surface area (Å²) < 4.78 is 6.18. The molecule has 0 aromatic carbocycles. The van der Waals surface area contributed by atoms with Gasteiger partial charge in [-0.2, -0.15) is 0 Å². The van der Waals surface area contributed by atoms with Crippen molar-refractivity contribution in [3.63, 3.8) is 0 Å². The van der Waals surface area contributed by atoms with Gasteiger partial charge in [0.1, 0.15) is 0 Å². The molecule has 112 valence electrons. The molecule has 0 aliphatic heterocycles. The van der Waals surface area contributed by atoms with Gasteiger partial charge in [-0.1, -0.05) is 6.92 Å². The van der Waals surface area contributed by atoms with Crippen LogP contribution in [-0.2, 0) is 4.74 Å². The van der Waals surface area contributed by atoms with E-state index in [0.29, 0.717) is 30.8 Å². The van der Waals surface area contributed by atoms with E-state index in [1.165, 1.54) is 0 Å². The molecule has 2 saturated carbocycles. The highest BCUT2D eigenvalue weighted by atomic mass is 16.5. The summed E-state index contributed by atoms with van der Waals surface area (Å²) in [6.45, 7) is 4.02. The lowest BCUT2D eigenvalue weighted by molar-refractivity contribution is -0.0721. The summed E-state index contributed by atoms with van der Waals surface area (Å²) >= 11 is 0. The zero-order valence-electron chi connectivity index (χ0n) is 12.2. The quantitative estimate of drug-likeness (QED) is 0.655. The molecule has 0 radical (unpaired) electrons. The number of nitrogens with two attached hydrogens (primary N) is 1. The zero-order valence-corrected chi connectivity index (χ0v) is 12.2. The summed E-state index contributed by atoms with van der Waals surface area (Å²) in [5.41, 5.74) is 5.71. The lowest BCUT2D eigenvalue weighted by Gasteiger charge is -2.30. The van der Waals surface area contributed by atoms with Crippen LogP contribution in [0.1, 0.15) is 52.4 Å². The van der Waals surface area contributed by atoms with E-state index >= 15 is 0 Å².